The Hall–Kier alpha value is -2.37. The number of amides is 2. The molecule has 1 heterocycles. The zero-order valence-corrected chi connectivity index (χ0v) is 19.0. The second kappa shape index (κ2) is 11.3. The van der Waals surface area contributed by atoms with Gasteiger partial charge in [0.15, 0.2) is 0 Å². The number of ether oxygens (including phenoxy) is 1. The summed E-state index contributed by atoms with van der Waals surface area (Å²) in [6.45, 7) is 5.28. The van der Waals surface area contributed by atoms with Crippen LogP contribution in [0.1, 0.15) is 37.8 Å². The largest absolute Gasteiger partial charge is 0.376 e. The van der Waals surface area contributed by atoms with Crippen LogP contribution >= 0.6 is 11.6 Å². The Morgan fingerprint density at radius 3 is 2.42 bits per heavy atom. The van der Waals surface area contributed by atoms with Crippen molar-refractivity contribution in [2.75, 3.05) is 13.2 Å². The van der Waals surface area contributed by atoms with Gasteiger partial charge in [-0.3, -0.25) is 9.59 Å². The second-order valence-corrected chi connectivity index (χ2v) is 8.77. The smallest absolute Gasteiger partial charge is 0.243 e. The van der Waals surface area contributed by atoms with E-state index < -0.39 is 6.04 Å². The van der Waals surface area contributed by atoms with E-state index in [1.807, 2.05) is 56.3 Å². The van der Waals surface area contributed by atoms with Crippen LogP contribution in [0, 0.1) is 5.92 Å². The molecule has 1 aliphatic rings. The molecule has 2 aromatic carbocycles. The number of nitrogens with one attached hydrogen (secondary N) is 1. The third kappa shape index (κ3) is 6.81. The van der Waals surface area contributed by atoms with E-state index in [0.29, 0.717) is 24.5 Å². The fraction of sp³-hybridized carbons (Fsp3) is 0.440. The third-order valence-corrected chi connectivity index (χ3v) is 5.77. The van der Waals surface area contributed by atoms with Gasteiger partial charge in [-0.15, -0.1) is 0 Å². The molecule has 1 N–H and O–H groups in total. The number of benzene rings is 2. The fourth-order valence-corrected chi connectivity index (χ4v) is 3.91. The highest BCUT2D eigenvalue weighted by Gasteiger charge is 2.32. The van der Waals surface area contributed by atoms with Crippen molar-refractivity contribution in [3.63, 3.8) is 0 Å². The summed E-state index contributed by atoms with van der Waals surface area (Å²) in [6, 6.07) is 16.6. The third-order valence-electron chi connectivity index (χ3n) is 5.52. The van der Waals surface area contributed by atoms with E-state index in [9.17, 15) is 9.59 Å². The van der Waals surface area contributed by atoms with Gasteiger partial charge < -0.3 is 15.0 Å². The monoisotopic (exact) mass is 442 g/mol. The molecule has 2 amide bonds. The summed E-state index contributed by atoms with van der Waals surface area (Å²) in [6.07, 6.45) is 2.46. The molecule has 2 unspecified atom stereocenters. The fourth-order valence-electron chi connectivity index (χ4n) is 3.78. The molecular weight excluding hydrogens is 412 g/mol. The molecule has 0 radical (unpaired) electrons. The van der Waals surface area contributed by atoms with Crippen LogP contribution in [0.3, 0.4) is 0 Å². The van der Waals surface area contributed by atoms with E-state index in [0.717, 1.165) is 30.6 Å². The summed E-state index contributed by atoms with van der Waals surface area (Å²) >= 11 is 6.03. The van der Waals surface area contributed by atoms with E-state index in [1.54, 1.807) is 17.0 Å². The number of hydrogen-bond acceptors (Lipinski definition) is 3. The van der Waals surface area contributed by atoms with Crippen LogP contribution in [-0.2, 0) is 27.3 Å². The van der Waals surface area contributed by atoms with Crippen LogP contribution in [0.15, 0.2) is 54.6 Å². The Labute approximate surface area is 189 Å². The van der Waals surface area contributed by atoms with Crippen molar-refractivity contribution >= 4 is 23.4 Å². The molecule has 0 saturated carbocycles. The maximum Gasteiger partial charge on any atom is 0.243 e. The van der Waals surface area contributed by atoms with Gasteiger partial charge in [0.1, 0.15) is 6.04 Å². The van der Waals surface area contributed by atoms with Gasteiger partial charge in [-0.2, -0.15) is 0 Å². The number of halogens is 1. The van der Waals surface area contributed by atoms with Crippen LogP contribution in [0.2, 0.25) is 5.02 Å². The van der Waals surface area contributed by atoms with Crippen LogP contribution in [0.5, 0.6) is 0 Å². The SMILES string of the molecule is CC(C)C(=O)N(Cc1ccc(Cl)cc1)C(Cc1ccccc1)C(=O)NCC1CCCO1. The van der Waals surface area contributed by atoms with E-state index in [2.05, 4.69) is 5.32 Å². The molecule has 0 spiro atoms. The van der Waals surface area contributed by atoms with E-state index in [4.69, 9.17) is 16.3 Å². The minimum Gasteiger partial charge on any atom is -0.376 e. The molecule has 2 atom stereocenters. The molecule has 0 aliphatic carbocycles. The summed E-state index contributed by atoms with van der Waals surface area (Å²) in [4.78, 5) is 28.2. The average Bonchev–Trinajstić information content (AvgIpc) is 3.29. The zero-order valence-electron chi connectivity index (χ0n) is 18.2. The molecule has 3 rings (SSSR count). The molecule has 1 saturated heterocycles. The first-order valence-electron chi connectivity index (χ1n) is 10.9. The van der Waals surface area contributed by atoms with Crippen LogP contribution in [-0.4, -0.2) is 42.0 Å². The average molecular weight is 443 g/mol. The van der Waals surface area contributed by atoms with Gasteiger partial charge in [0.2, 0.25) is 11.8 Å². The quantitative estimate of drug-likeness (QED) is 0.632. The Kier molecular flexibility index (Phi) is 8.50. The molecule has 1 aliphatic heterocycles. The van der Waals surface area contributed by atoms with Crippen molar-refractivity contribution < 1.29 is 14.3 Å². The van der Waals surface area contributed by atoms with Gasteiger partial charge in [-0.1, -0.05) is 67.9 Å². The molecule has 0 bridgehead atoms. The van der Waals surface area contributed by atoms with E-state index in [-0.39, 0.29) is 23.8 Å². The maximum absolute atomic E-state index is 13.3. The Bertz CT molecular complexity index is 849. The second-order valence-electron chi connectivity index (χ2n) is 8.33. The van der Waals surface area contributed by atoms with Crippen molar-refractivity contribution in [2.24, 2.45) is 5.92 Å². The Balaban J connectivity index is 1.85. The van der Waals surface area contributed by atoms with Crippen molar-refractivity contribution in [3.8, 4) is 0 Å². The standard InChI is InChI=1S/C25H31ClN2O3/c1-18(2)25(30)28(17-20-10-12-21(26)13-11-20)23(15-19-7-4-3-5-8-19)24(29)27-16-22-9-6-14-31-22/h3-5,7-8,10-13,18,22-23H,6,9,14-17H2,1-2H3,(H,27,29). The highest BCUT2D eigenvalue weighted by Crippen LogP contribution is 2.19. The molecule has 31 heavy (non-hydrogen) atoms. The van der Waals surface area contributed by atoms with Gasteiger partial charge in [0.05, 0.1) is 6.10 Å². The highest BCUT2D eigenvalue weighted by molar-refractivity contribution is 6.30. The highest BCUT2D eigenvalue weighted by atomic mass is 35.5. The zero-order chi connectivity index (χ0) is 22.2. The lowest BCUT2D eigenvalue weighted by atomic mass is 10.0. The van der Waals surface area contributed by atoms with Gasteiger partial charge in [-0.05, 0) is 36.1 Å². The summed E-state index contributed by atoms with van der Waals surface area (Å²) < 4.78 is 5.65. The van der Waals surface area contributed by atoms with Crippen LogP contribution < -0.4 is 5.32 Å². The predicted octanol–water partition coefficient (Wildman–Crippen LogP) is 4.23. The van der Waals surface area contributed by atoms with Crippen molar-refractivity contribution in [3.05, 3.63) is 70.7 Å². The minimum atomic E-state index is -0.616. The Morgan fingerprint density at radius 2 is 1.81 bits per heavy atom. The minimum absolute atomic E-state index is 0.0480. The van der Waals surface area contributed by atoms with Gasteiger partial charge in [0, 0.05) is 37.1 Å². The topological polar surface area (TPSA) is 58.6 Å². The van der Waals surface area contributed by atoms with Gasteiger partial charge in [-0.25, -0.2) is 0 Å². The molecule has 6 heteroatoms. The summed E-state index contributed by atoms with van der Waals surface area (Å²) in [5, 5.41) is 3.67. The lowest BCUT2D eigenvalue weighted by Gasteiger charge is -2.33. The van der Waals surface area contributed by atoms with E-state index >= 15 is 0 Å². The van der Waals surface area contributed by atoms with Crippen LogP contribution in [0.4, 0.5) is 0 Å². The summed E-state index contributed by atoms with van der Waals surface area (Å²) in [7, 11) is 0. The first kappa shape index (κ1) is 23.3. The molecule has 2 aromatic rings. The molecular formula is C25H31ClN2O3. The van der Waals surface area contributed by atoms with Crippen molar-refractivity contribution in [2.45, 2.75) is 51.8 Å². The Morgan fingerprint density at radius 1 is 1.10 bits per heavy atom. The van der Waals surface area contributed by atoms with Crippen molar-refractivity contribution in [1.29, 1.82) is 0 Å². The molecule has 5 nitrogen and oxygen atoms in total. The predicted molar refractivity (Wildman–Crippen MR) is 123 cm³/mol. The summed E-state index contributed by atoms with van der Waals surface area (Å²) in [5.74, 6) is -0.429. The van der Waals surface area contributed by atoms with Crippen LogP contribution in [0.25, 0.3) is 0 Å². The number of carbonyl (C=O) groups excluding carboxylic acids is 2. The molecule has 166 valence electrons. The first-order chi connectivity index (χ1) is 14.9. The number of carbonyl (C=O) groups is 2. The number of nitrogens with zero attached hydrogens (tertiary/aromatic N) is 1. The van der Waals surface area contributed by atoms with E-state index in [1.165, 1.54) is 0 Å². The lowest BCUT2D eigenvalue weighted by Crippen LogP contribution is -2.52. The first-order valence-corrected chi connectivity index (χ1v) is 11.3. The normalized spacial score (nSPS) is 16.8. The van der Waals surface area contributed by atoms with Gasteiger partial charge in [0.25, 0.3) is 0 Å². The molecule has 0 aromatic heterocycles. The number of rotatable bonds is 9. The maximum atomic E-state index is 13.3. The van der Waals surface area contributed by atoms with Crippen molar-refractivity contribution in [1.82, 2.24) is 10.2 Å². The van der Waals surface area contributed by atoms with Gasteiger partial charge >= 0.3 is 0 Å². The number of hydrogen-bond donors (Lipinski definition) is 1. The summed E-state index contributed by atoms with van der Waals surface area (Å²) in [5.41, 5.74) is 1.95. The molecule has 1 fully saturated rings. The lowest BCUT2D eigenvalue weighted by molar-refractivity contribution is -0.143.